The summed E-state index contributed by atoms with van der Waals surface area (Å²) >= 11 is 19.0. The SMILES string of the molecule is O=C(N[C@@]12CC[C@@H](c3ccc(Cl)cc3Cl)[C@H](c3ccc(Cl)cc3)[C@@H]1CNC2=O)c1ccccn1. The molecular formula is C26H22Cl3N3O2. The standard InChI is InChI=1S/C26H22Cl3N3O2/c27-16-6-4-15(5-7-16)23-19(18-9-8-17(28)13-21(18)29)10-11-26(20(23)14-31-25(26)34)32-24(33)22-3-1-2-12-30-22/h1-9,12-13,19-20,23H,10-11,14H2,(H,31,34)(H,32,33)/t19-,20-,23-,26-/m0/s1. The Hall–Kier alpha value is -2.60. The number of nitrogens with zero attached hydrogens (tertiary/aromatic N) is 1. The van der Waals surface area contributed by atoms with Gasteiger partial charge < -0.3 is 10.6 Å². The van der Waals surface area contributed by atoms with Crippen molar-refractivity contribution in [2.45, 2.75) is 30.2 Å². The van der Waals surface area contributed by atoms with E-state index in [1.165, 1.54) is 0 Å². The molecule has 2 aliphatic rings. The summed E-state index contributed by atoms with van der Waals surface area (Å²) in [7, 11) is 0. The first kappa shape index (κ1) is 23.2. The number of carbonyl (C=O) groups excluding carboxylic acids is 2. The predicted molar refractivity (Wildman–Crippen MR) is 134 cm³/mol. The third kappa shape index (κ3) is 4.06. The summed E-state index contributed by atoms with van der Waals surface area (Å²) in [5.41, 5.74) is 1.25. The van der Waals surface area contributed by atoms with Gasteiger partial charge in [0.1, 0.15) is 11.2 Å². The van der Waals surface area contributed by atoms with Gasteiger partial charge in [-0.25, -0.2) is 0 Å². The van der Waals surface area contributed by atoms with E-state index in [9.17, 15) is 9.59 Å². The molecule has 1 aliphatic carbocycles. The number of hydrogen-bond acceptors (Lipinski definition) is 3. The largest absolute Gasteiger partial charge is 0.354 e. The molecule has 5 rings (SSSR count). The fourth-order valence-corrected chi connectivity index (χ4v) is 6.23. The third-order valence-corrected chi connectivity index (χ3v) is 7.90. The molecule has 34 heavy (non-hydrogen) atoms. The van der Waals surface area contributed by atoms with Gasteiger partial charge in [0, 0.05) is 33.7 Å². The first-order valence-electron chi connectivity index (χ1n) is 11.1. The second kappa shape index (κ2) is 9.21. The van der Waals surface area contributed by atoms with Crippen LogP contribution in [0.15, 0.2) is 66.9 Å². The van der Waals surface area contributed by atoms with E-state index < -0.39 is 5.54 Å². The molecule has 0 radical (unpaired) electrons. The number of benzene rings is 2. The Labute approximate surface area is 212 Å². The van der Waals surface area contributed by atoms with Crippen LogP contribution in [0.1, 0.15) is 46.3 Å². The Morgan fingerprint density at radius 2 is 1.79 bits per heavy atom. The number of halogens is 3. The number of carbonyl (C=O) groups is 2. The van der Waals surface area contributed by atoms with Crippen molar-refractivity contribution in [1.82, 2.24) is 15.6 Å². The van der Waals surface area contributed by atoms with Crippen molar-refractivity contribution < 1.29 is 9.59 Å². The van der Waals surface area contributed by atoms with Gasteiger partial charge in [0.25, 0.3) is 5.91 Å². The Balaban J connectivity index is 1.58. The molecule has 8 heteroatoms. The Morgan fingerprint density at radius 3 is 2.50 bits per heavy atom. The Kier molecular flexibility index (Phi) is 6.28. The molecule has 0 spiro atoms. The first-order valence-corrected chi connectivity index (χ1v) is 12.2. The van der Waals surface area contributed by atoms with Gasteiger partial charge in [-0.2, -0.15) is 0 Å². The third-order valence-electron chi connectivity index (χ3n) is 7.09. The quantitative estimate of drug-likeness (QED) is 0.475. The van der Waals surface area contributed by atoms with Gasteiger partial charge in [-0.15, -0.1) is 0 Å². The van der Waals surface area contributed by atoms with Crippen molar-refractivity contribution in [3.05, 3.63) is 98.7 Å². The summed E-state index contributed by atoms with van der Waals surface area (Å²) in [6, 6.07) is 18.4. The van der Waals surface area contributed by atoms with Crippen molar-refractivity contribution in [3.8, 4) is 0 Å². The zero-order valence-corrected chi connectivity index (χ0v) is 20.4. The molecule has 1 saturated carbocycles. The lowest BCUT2D eigenvalue weighted by Gasteiger charge is -2.46. The van der Waals surface area contributed by atoms with Crippen molar-refractivity contribution in [2.24, 2.45) is 5.92 Å². The highest BCUT2D eigenvalue weighted by molar-refractivity contribution is 6.35. The van der Waals surface area contributed by atoms with Gasteiger partial charge in [-0.3, -0.25) is 14.6 Å². The first-order chi connectivity index (χ1) is 16.4. The summed E-state index contributed by atoms with van der Waals surface area (Å²) < 4.78 is 0. The summed E-state index contributed by atoms with van der Waals surface area (Å²) in [4.78, 5) is 30.6. The number of pyridine rings is 1. The highest BCUT2D eigenvalue weighted by atomic mass is 35.5. The van der Waals surface area contributed by atoms with Gasteiger partial charge in [0.2, 0.25) is 5.91 Å². The molecular weight excluding hydrogens is 493 g/mol. The maximum absolute atomic E-state index is 13.3. The second-order valence-corrected chi connectivity index (χ2v) is 10.1. The second-order valence-electron chi connectivity index (χ2n) is 8.85. The van der Waals surface area contributed by atoms with Gasteiger partial charge in [0.05, 0.1) is 0 Å². The van der Waals surface area contributed by atoms with E-state index in [4.69, 9.17) is 34.8 Å². The molecule has 2 fully saturated rings. The lowest BCUT2D eigenvalue weighted by atomic mass is 9.60. The van der Waals surface area contributed by atoms with Gasteiger partial charge >= 0.3 is 0 Å². The van der Waals surface area contributed by atoms with Crippen LogP contribution in [0.2, 0.25) is 15.1 Å². The van der Waals surface area contributed by atoms with Crippen molar-refractivity contribution >= 4 is 46.6 Å². The Morgan fingerprint density at radius 1 is 1.03 bits per heavy atom. The number of fused-ring (bicyclic) bond motifs is 1. The molecule has 0 bridgehead atoms. The fourth-order valence-electron chi connectivity index (χ4n) is 5.56. The predicted octanol–water partition coefficient (Wildman–Crippen LogP) is 5.62. The normalized spacial score (nSPS) is 26.0. The molecule has 4 atom stereocenters. The monoisotopic (exact) mass is 513 g/mol. The minimum absolute atomic E-state index is 0.0310. The number of aromatic nitrogens is 1. The van der Waals surface area contributed by atoms with Gasteiger partial charge in [0.15, 0.2) is 0 Å². The zero-order chi connectivity index (χ0) is 23.9. The molecule has 1 aromatic heterocycles. The van der Waals surface area contributed by atoms with Crippen molar-refractivity contribution in [2.75, 3.05) is 6.54 Å². The Bertz CT molecular complexity index is 1240. The maximum atomic E-state index is 13.3. The van der Waals surface area contributed by atoms with E-state index >= 15 is 0 Å². The molecule has 0 unspecified atom stereocenters. The van der Waals surface area contributed by atoms with Crippen molar-refractivity contribution in [3.63, 3.8) is 0 Å². The molecule has 174 valence electrons. The van der Waals surface area contributed by atoms with Crippen LogP contribution in [-0.4, -0.2) is 28.9 Å². The minimum Gasteiger partial charge on any atom is -0.354 e. The van der Waals surface area contributed by atoms with E-state index in [2.05, 4.69) is 15.6 Å². The molecule has 2 heterocycles. The molecule has 2 aromatic carbocycles. The van der Waals surface area contributed by atoms with Crippen LogP contribution in [-0.2, 0) is 4.79 Å². The zero-order valence-electron chi connectivity index (χ0n) is 18.1. The summed E-state index contributed by atoms with van der Waals surface area (Å²) in [6.45, 7) is 0.441. The van der Waals surface area contributed by atoms with E-state index in [0.717, 1.165) is 11.1 Å². The van der Waals surface area contributed by atoms with Crippen LogP contribution >= 0.6 is 34.8 Å². The number of rotatable bonds is 4. The van der Waals surface area contributed by atoms with Crippen molar-refractivity contribution in [1.29, 1.82) is 0 Å². The molecule has 2 N–H and O–H groups in total. The van der Waals surface area contributed by atoms with E-state index in [0.29, 0.717) is 34.5 Å². The molecule has 5 nitrogen and oxygen atoms in total. The van der Waals surface area contributed by atoms with E-state index in [1.54, 1.807) is 30.5 Å². The highest BCUT2D eigenvalue weighted by Crippen LogP contribution is 2.54. The van der Waals surface area contributed by atoms with E-state index in [1.807, 2.05) is 36.4 Å². The molecule has 1 aliphatic heterocycles. The molecule has 3 aromatic rings. The fraction of sp³-hybridized carbons (Fsp3) is 0.269. The van der Waals surface area contributed by atoms with Gasteiger partial charge in [-0.1, -0.05) is 59.1 Å². The van der Waals surface area contributed by atoms with Crippen LogP contribution in [0.3, 0.4) is 0 Å². The van der Waals surface area contributed by atoms with Gasteiger partial charge in [-0.05, 0) is 72.2 Å². The van der Waals surface area contributed by atoms with Crippen LogP contribution in [0, 0.1) is 5.92 Å². The van der Waals surface area contributed by atoms with Crippen LogP contribution in [0.5, 0.6) is 0 Å². The summed E-state index contributed by atoms with van der Waals surface area (Å²) in [5, 5.41) is 7.89. The number of hydrogen-bond donors (Lipinski definition) is 2. The minimum atomic E-state index is -1.05. The van der Waals surface area contributed by atoms with Crippen LogP contribution in [0.4, 0.5) is 0 Å². The number of nitrogens with one attached hydrogen (secondary N) is 2. The lowest BCUT2D eigenvalue weighted by Crippen LogP contribution is -2.60. The summed E-state index contributed by atoms with van der Waals surface area (Å²) in [5.74, 6) is -0.780. The maximum Gasteiger partial charge on any atom is 0.270 e. The lowest BCUT2D eigenvalue weighted by molar-refractivity contribution is -0.126. The van der Waals surface area contributed by atoms with E-state index in [-0.39, 0.29) is 35.3 Å². The average molecular weight is 515 g/mol. The van der Waals surface area contributed by atoms with Crippen LogP contribution in [0.25, 0.3) is 0 Å². The van der Waals surface area contributed by atoms with Crippen LogP contribution < -0.4 is 10.6 Å². The highest BCUT2D eigenvalue weighted by Gasteiger charge is 2.58. The smallest absolute Gasteiger partial charge is 0.270 e. The molecule has 1 saturated heterocycles. The average Bonchev–Trinajstić information content (AvgIpc) is 3.16. The topological polar surface area (TPSA) is 71.1 Å². The summed E-state index contributed by atoms with van der Waals surface area (Å²) in [6.07, 6.45) is 2.70. The number of amides is 2. The molecule has 2 amide bonds.